The number of hydrogen-bond donors (Lipinski definition) is 1. The Kier molecular flexibility index (Phi) is 6.12. The molecule has 0 saturated heterocycles. The van der Waals surface area contributed by atoms with Crippen LogP contribution in [0.2, 0.25) is 0 Å². The van der Waals surface area contributed by atoms with E-state index in [1.807, 2.05) is 0 Å². The molecule has 104 valence electrons. The minimum Gasteiger partial charge on any atom is -0.383 e. The van der Waals surface area contributed by atoms with Crippen LogP contribution in [-0.2, 0) is 4.74 Å². The predicted molar refractivity (Wildman–Crippen MR) is 81.4 cm³/mol. The number of methoxy groups -OCH3 is 1. The first-order chi connectivity index (χ1) is 9.40. The first-order valence-corrected chi connectivity index (χ1v) is 7.36. The van der Waals surface area contributed by atoms with Crippen molar-refractivity contribution in [3.05, 3.63) is 41.5 Å². The molecule has 0 aromatic heterocycles. The Morgan fingerprint density at radius 2 is 2.21 bits per heavy atom. The minimum absolute atomic E-state index is 0.785. The largest absolute Gasteiger partial charge is 0.383 e. The summed E-state index contributed by atoms with van der Waals surface area (Å²) in [4.78, 5) is 0. The molecule has 0 atom stereocenters. The van der Waals surface area contributed by atoms with Crippen molar-refractivity contribution in [1.29, 1.82) is 0 Å². The maximum Gasteiger partial charge on any atom is 0.0587 e. The molecule has 2 rings (SSSR count). The van der Waals surface area contributed by atoms with Crippen LogP contribution in [0.25, 0.3) is 6.08 Å². The molecule has 1 aromatic carbocycles. The van der Waals surface area contributed by atoms with Gasteiger partial charge in [-0.05, 0) is 42.9 Å². The summed E-state index contributed by atoms with van der Waals surface area (Å²) in [5.74, 6) is 0.823. The van der Waals surface area contributed by atoms with Gasteiger partial charge in [0.05, 0.1) is 6.61 Å². The molecule has 1 aliphatic carbocycles. The Balaban J connectivity index is 1.72. The number of rotatable bonds is 8. The zero-order valence-electron chi connectivity index (χ0n) is 11.9. The lowest BCUT2D eigenvalue weighted by atomic mass is 9.80. The van der Waals surface area contributed by atoms with E-state index in [2.05, 4.69) is 41.7 Å². The van der Waals surface area contributed by atoms with Crippen LogP contribution in [0.15, 0.2) is 30.3 Å². The van der Waals surface area contributed by atoms with E-state index in [1.54, 1.807) is 7.11 Å². The predicted octanol–water partition coefficient (Wildman–Crippen LogP) is 3.59. The van der Waals surface area contributed by atoms with Gasteiger partial charge in [0, 0.05) is 13.7 Å². The van der Waals surface area contributed by atoms with Gasteiger partial charge in [0.1, 0.15) is 0 Å². The summed E-state index contributed by atoms with van der Waals surface area (Å²) >= 11 is 0. The van der Waals surface area contributed by atoms with Crippen LogP contribution in [0.1, 0.15) is 42.7 Å². The van der Waals surface area contributed by atoms with Gasteiger partial charge in [0.25, 0.3) is 0 Å². The minimum atomic E-state index is 0.785. The zero-order valence-corrected chi connectivity index (χ0v) is 11.9. The summed E-state index contributed by atoms with van der Waals surface area (Å²) in [5.41, 5.74) is 2.85. The molecular weight excluding hydrogens is 234 g/mol. The molecule has 1 N–H and O–H groups in total. The quantitative estimate of drug-likeness (QED) is 0.720. The van der Waals surface area contributed by atoms with Gasteiger partial charge >= 0.3 is 0 Å². The van der Waals surface area contributed by atoms with E-state index in [0.717, 1.165) is 32.0 Å². The molecule has 0 radical (unpaired) electrons. The molecule has 0 heterocycles. The highest BCUT2D eigenvalue weighted by molar-refractivity contribution is 5.50. The monoisotopic (exact) mass is 259 g/mol. The molecule has 19 heavy (non-hydrogen) atoms. The fraction of sp³-hybridized carbons (Fsp3) is 0.529. The van der Waals surface area contributed by atoms with Crippen molar-refractivity contribution in [2.24, 2.45) is 0 Å². The van der Waals surface area contributed by atoms with Gasteiger partial charge in [0.15, 0.2) is 0 Å². The summed E-state index contributed by atoms with van der Waals surface area (Å²) in [7, 11) is 1.73. The number of nitrogens with one attached hydrogen (secondary N) is 1. The average molecular weight is 259 g/mol. The highest BCUT2D eigenvalue weighted by atomic mass is 16.5. The smallest absolute Gasteiger partial charge is 0.0587 e. The van der Waals surface area contributed by atoms with Gasteiger partial charge in [-0.1, -0.05) is 42.8 Å². The van der Waals surface area contributed by atoms with Crippen LogP contribution in [0.4, 0.5) is 0 Å². The van der Waals surface area contributed by atoms with Crippen molar-refractivity contribution < 1.29 is 4.74 Å². The normalized spacial score (nSPS) is 15.8. The molecule has 0 bridgehead atoms. The Morgan fingerprint density at radius 1 is 1.32 bits per heavy atom. The average Bonchev–Trinajstić information content (AvgIpc) is 2.36. The van der Waals surface area contributed by atoms with Crippen LogP contribution < -0.4 is 5.32 Å². The van der Waals surface area contributed by atoms with Crippen LogP contribution >= 0.6 is 0 Å². The molecule has 1 saturated carbocycles. The van der Waals surface area contributed by atoms with Crippen molar-refractivity contribution in [2.45, 2.75) is 31.6 Å². The lowest BCUT2D eigenvalue weighted by molar-refractivity contribution is 0.199. The molecule has 1 aliphatic rings. The third-order valence-electron chi connectivity index (χ3n) is 3.77. The first-order valence-electron chi connectivity index (χ1n) is 7.36. The Morgan fingerprint density at radius 3 is 2.95 bits per heavy atom. The number of hydrogen-bond acceptors (Lipinski definition) is 2. The van der Waals surface area contributed by atoms with Crippen molar-refractivity contribution in [3.63, 3.8) is 0 Å². The topological polar surface area (TPSA) is 21.3 Å². The maximum absolute atomic E-state index is 4.99. The Hall–Kier alpha value is -1.12. The standard InChI is InChI=1S/C17H25NO/c1-19-13-12-18-11-3-2-6-15-7-4-10-17(14-15)16-8-5-9-16/h2,4,6-7,10,14,16,18H,3,5,8-9,11-13H2,1H3/b6-2+. The van der Waals surface area contributed by atoms with E-state index in [4.69, 9.17) is 4.74 Å². The van der Waals surface area contributed by atoms with Crippen LogP contribution in [-0.4, -0.2) is 26.8 Å². The number of benzene rings is 1. The molecule has 0 amide bonds. The van der Waals surface area contributed by atoms with Crippen LogP contribution in [0.3, 0.4) is 0 Å². The molecule has 0 spiro atoms. The van der Waals surface area contributed by atoms with E-state index in [-0.39, 0.29) is 0 Å². The van der Waals surface area contributed by atoms with Gasteiger partial charge in [-0.3, -0.25) is 0 Å². The highest BCUT2D eigenvalue weighted by Crippen LogP contribution is 2.36. The summed E-state index contributed by atoms with van der Waals surface area (Å²) < 4.78 is 4.99. The highest BCUT2D eigenvalue weighted by Gasteiger charge is 2.18. The molecule has 2 heteroatoms. The van der Waals surface area contributed by atoms with E-state index in [1.165, 1.54) is 30.4 Å². The lowest BCUT2D eigenvalue weighted by Crippen LogP contribution is -2.19. The van der Waals surface area contributed by atoms with Gasteiger partial charge < -0.3 is 10.1 Å². The second-order valence-corrected chi connectivity index (χ2v) is 5.23. The van der Waals surface area contributed by atoms with Crippen LogP contribution in [0, 0.1) is 0 Å². The van der Waals surface area contributed by atoms with Crippen molar-refractivity contribution in [2.75, 3.05) is 26.8 Å². The third kappa shape index (κ3) is 4.81. The SMILES string of the molecule is COCCNCC/C=C/c1cccc(C2CCC2)c1. The molecule has 0 unspecified atom stereocenters. The molecule has 2 nitrogen and oxygen atoms in total. The third-order valence-corrected chi connectivity index (χ3v) is 3.77. The van der Waals surface area contributed by atoms with Gasteiger partial charge in [0.2, 0.25) is 0 Å². The van der Waals surface area contributed by atoms with E-state index in [0.29, 0.717) is 0 Å². The molecular formula is C17H25NO. The Labute approximate surface area is 116 Å². The van der Waals surface area contributed by atoms with Gasteiger partial charge in [-0.25, -0.2) is 0 Å². The van der Waals surface area contributed by atoms with Crippen molar-refractivity contribution in [3.8, 4) is 0 Å². The summed E-state index contributed by atoms with van der Waals surface area (Å²) in [5, 5.41) is 3.34. The van der Waals surface area contributed by atoms with Crippen LogP contribution in [0.5, 0.6) is 0 Å². The molecule has 1 aromatic rings. The van der Waals surface area contributed by atoms with E-state index in [9.17, 15) is 0 Å². The molecule has 1 fully saturated rings. The fourth-order valence-corrected chi connectivity index (χ4v) is 2.36. The lowest BCUT2D eigenvalue weighted by Gasteiger charge is -2.25. The first kappa shape index (κ1) is 14.3. The second-order valence-electron chi connectivity index (χ2n) is 5.23. The van der Waals surface area contributed by atoms with Crippen molar-refractivity contribution >= 4 is 6.08 Å². The zero-order chi connectivity index (χ0) is 13.3. The number of ether oxygens (including phenoxy) is 1. The van der Waals surface area contributed by atoms with Gasteiger partial charge in [-0.2, -0.15) is 0 Å². The van der Waals surface area contributed by atoms with Gasteiger partial charge in [-0.15, -0.1) is 0 Å². The summed E-state index contributed by atoms with van der Waals surface area (Å²) in [6.45, 7) is 2.73. The summed E-state index contributed by atoms with van der Waals surface area (Å²) in [6, 6.07) is 8.99. The molecule has 0 aliphatic heterocycles. The second kappa shape index (κ2) is 8.13. The summed E-state index contributed by atoms with van der Waals surface area (Å²) in [6.07, 6.45) is 9.70. The van der Waals surface area contributed by atoms with E-state index < -0.39 is 0 Å². The van der Waals surface area contributed by atoms with Crippen molar-refractivity contribution in [1.82, 2.24) is 5.32 Å². The van der Waals surface area contributed by atoms with E-state index >= 15 is 0 Å². The Bertz CT molecular complexity index is 396. The maximum atomic E-state index is 4.99. The fourth-order valence-electron chi connectivity index (χ4n) is 2.36.